The van der Waals surface area contributed by atoms with E-state index in [9.17, 15) is 18.7 Å². The average molecular weight is 423 g/mol. The number of carboxylic acid groups (broad SMARTS) is 1. The van der Waals surface area contributed by atoms with E-state index in [1.807, 2.05) is 54.6 Å². The van der Waals surface area contributed by atoms with Crippen LogP contribution in [0.4, 0.5) is 5.69 Å². The van der Waals surface area contributed by atoms with E-state index in [0.717, 1.165) is 20.6 Å². The van der Waals surface area contributed by atoms with Crippen LogP contribution in [0.15, 0.2) is 77.2 Å². The van der Waals surface area contributed by atoms with Gasteiger partial charge in [-0.15, -0.1) is 0 Å². The van der Waals surface area contributed by atoms with Crippen molar-refractivity contribution in [2.45, 2.75) is 25.3 Å². The summed E-state index contributed by atoms with van der Waals surface area (Å²) in [4.78, 5) is 12.0. The maximum Gasteiger partial charge on any atom is 0.327 e. The molecule has 0 saturated heterocycles. The molecule has 0 amide bonds. The second kappa shape index (κ2) is 8.69. The highest BCUT2D eigenvalue weighted by Crippen LogP contribution is 2.33. The fourth-order valence-corrected chi connectivity index (χ4v) is 4.42. The Hall–Kier alpha value is -3.16. The largest absolute Gasteiger partial charge is 0.480 e. The minimum atomic E-state index is -2.50. The number of furan rings is 1. The van der Waals surface area contributed by atoms with Gasteiger partial charge in [-0.05, 0) is 49.1 Å². The third-order valence-corrected chi connectivity index (χ3v) is 5.94. The van der Waals surface area contributed by atoms with Crippen LogP contribution in [-0.4, -0.2) is 25.9 Å². The van der Waals surface area contributed by atoms with Crippen molar-refractivity contribution in [2.75, 3.05) is 4.31 Å². The van der Waals surface area contributed by atoms with Crippen LogP contribution >= 0.6 is 0 Å². The fraction of sp³-hybridized carbons (Fsp3) is 0.174. The van der Waals surface area contributed by atoms with Crippen molar-refractivity contribution in [1.82, 2.24) is 0 Å². The standard InChI is InChI=1S/C23H21NO5S/c25-23(26)20(11-6-9-16-7-2-1-3-8-16)24(30(27)28)17-13-14-22-19(15-17)18-10-4-5-12-21(18)29-22/h1-5,7-8,10,12-15,20H,6,9,11H2,(H,25,26)(H,27,28). The van der Waals surface area contributed by atoms with Gasteiger partial charge in [0.25, 0.3) is 11.3 Å². The first-order valence-electron chi connectivity index (χ1n) is 9.63. The molecule has 154 valence electrons. The van der Waals surface area contributed by atoms with Crippen LogP contribution in [0.1, 0.15) is 18.4 Å². The Morgan fingerprint density at radius 2 is 1.67 bits per heavy atom. The highest BCUT2D eigenvalue weighted by Gasteiger charge is 2.30. The number of rotatable bonds is 8. The summed E-state index contributed by atoms with van der Waals surface area (Å²) in [7, 11) is 0. The summed E-state index contributed by atoms with van der Waals surface area (Å²) >= 11 is -2.50. The van der Waals surface area contributed by atoms with Crippen LogP contribution in [0.2, 0.25) is 0 Å². The third-order valence-electron chi connectivity index (χ3n) is 5.14. The van der Waals surface area contributed by atoms with E-state index < -0.39 is 23.3 Å². The predicted octanol–water partition coefficient (Wildman–Crippen LogP) is 5.01. The van der Waals surface area contributed by atoms with Gasteiger partial charge in [0.05, 0.1) is 5.69 Å². The minimum Gasteiger partial charge on any atom is -0.480 e. The maximum absolute atomic E-state index is 12.2. The summed E-state index contributed by atoms with van der Waals surface area (Å²) < 4.78 is 29.0. The lowest BCUT2D eigenvalue weighted by atomic mass is 10.0. The van der Waals surface area contributed by atoms with Gasteiger partial charge in [0.1, 0.15) is 17.2 Å². The molecule has 0 saturated carbocycles. The molecule has 4 aromatic rings. The second-order valence-electron chi connectivity index (χ2n) is 7.07. The molecule has 2 atom stereocenters. The average Bonchev–Trinajstić information content (AvgIpc) is 3.11. The summed E-state index contributed by atoms with van der Waals surface area (Å²) in [5.74, 6) is -1.14. The molecule has 4 rings (SSSR count). The van der Waals surface area contributed by atoms with E-state index in [1.165, 1.54) is 0 Å². The molecule has 0 fully saturated rings. The number of nitrogens with zero attached hydrogens (tertiary/aromatic N) is 1. The zero-order valence-corrected chi connectivity index (χ0v) is 16.9. The number of aryl methyl sites for hydroxylation is 1. The van der Waals surface area contributed by atoms with Crippen molar-refractivity contribution in [3.63, 3.8) is 0 Å². The summed E-state index contributed by atoms with van der Waals surface area (Å²) in [5.41, 5.74) is 2.81. The van der Waals surface area contributed by atoms with Crippen LogP contribution in [0, 0.1) is 0 Å². The van der Waals surface area contributed by atoms with Gasteiger partial charge in [-0.3, -0.25) is 8.86 Å². The van der Waals surface area contributed by atoms with Gasteiger partial charge in [-0.2, -0.15) is 0 Å². The molecule has 1 aromatic heterocycles. The Labute approximate surface area is 176 Å². The molecule has 0 bridgehead atoms. The Bertz CT molecular complexity index is 1200. The Kier molecular flexibility index (Phi) is 5.83. The number of aliphatic carboxylic acids is 1. The van der Waals surface area contributed by atoms with E-state index in [0.29, 0.717) is 29.7 Å². The number of para-hydroxylation sites is 1. The minimum absolute atomic E-state index is 0.237. The molecule has 30 heavy (non-hydrogen) atoms. The molecule has 2 N–H and O–H groups in total. The van der Waals surface area contributed by atoms with Gasteiger partial charge in [0.2, 0.25) is 0 Å². The van der Waals surface area contributed by atoms with Crippen LogP contribution in [0.3, 0.4) is 0 Å². The van der Waals surface area contributed by atoms with Crippen LogP contribution in [0.25, 0.3) is 21.9 Å². The van der Waals surface area contributed by atoms with E-state index in [2.05, 4.69) is 0 Å². The lowest BCUT2D eigenvalue weighted by molar-refractivity contribution is -0.138. The van der Waals surface area contributed by atoms with Crippen LogP contribution in [-0.2, 0) is 22.5 Å². The zero-order valence-electron chi connectivity index (χ0n) is 16.1. The molecular formula is C23H21NO5S. The third kappa shape index (κ3) is 4.08. The highest BCUT2D eigenvalue weighted by atomic mass is 32.2. The monoisotopic (exact) mass is 423 g/mol. The summed E-state index contributed by atoms with van der Waals surface area (Å²) in [6.07, 6.45) is 1.51. The number of hydrogen-bond donors (Lipinski definition) is 2. The van der Waals surface area contributed by atoms with Crippen molar-refractivity contribution in [1.29, 1.82) is 0 Å². The maximum atomic E-state index is 12.2. The molecule has 1 heterocycles. The van der Waals surface area contributed by atoms with Gasteiger partial charge < -0.3 is 9.52 Å². The normalized spacial score (nSPS) is 13.4. The topological polar surface area (TPSA) is 91.0 Å². The second-order valence-corrected chi connectivity index (χ2v) is 7.92. The molecule has 0 radical (unpaired) electrons. The van der Waals surface area contributed by atoms with E-state index in [-0.39, 0.29) is 6.42 Å². The fourth-order valence-electron chi connectivity index (χ4n) is 3.72. The first-order chi connectivity index (χ1) is 14.5. The Balaban J connectivity index is 1.64. The molecule has 2 unspecified atom stereocenters. The van der Waals surface area contributed by atoms with E-state index in [1.54, 1.807) is 18.2 Å². The lowest BCUT2D eigenvalue weighted by Crippen LogP contribution is -2.42. The molecule has 0 aliphatic rings. The molecule has 0 aliphatic carbocycles. The van der Waals surface area contributed by atoms with Crippen molar-refractivity contribution in [3.8, 4) is 0 Å². The molecule has 0 spiro atoms. The van der Waals surface area contributed by atoms with Crippen molar-refractivity contribution in [2.24, 2.45) is 0 Å². The van der Waals surface area contributed by atoms with Gasteiger partial charge in [-0.1, -0.05) is 48.5 Å². The first-order valence-corrected chi connectivity index (χ1v) is 10.7. The molecule has 6 nitrogen and oxygen atoms in total. The SMILES string of the molecule is O=C(O)C(CCCc1ccccc1)N(c1ccc2oc3ccccc3c2c1)S(=O)O. The first kappa shape index (κ1) is 20.1. The number of carboxylic acids is 1. The van der Waals surface area contributed by atoms with Gasteiger partial charge in [0.15, 0.2) is 0 Å². The highest BCUT2D eigenvalue weighted by molar-refractivity contribution is 7.80. The van der Waals surface area contributed by atoms with Gasteiger partial charge in [-0.25, -0.2) is 9.00 Å². The van der Waals surface area contributed by atoms with E-state index in [4.69, 9.17) is 4.42 Å². The Morgan fingerprint density at radius 3 is 2.40 bits per heavy atom. The summed E-state index contributed by atoms with van der Waals surface area (Å²) in [5, 5.41) is 11.4. The van der Waals surface area contributed by atoms with Crippen molar-refractivity contribution < 1.29 is 23.1 Å². The van der Waals surface area contributed by atoms with Crippen LogP contribution < -0.4 is 4.31 Å². The van der Waals surface area contributed by atoms with Gasteiger partial charge >= 0.3 is 5.97 Å². The van der Waals surface area contributed by atoms with E-state index >= 15 is 0 Å². The summed E-state index contributed by atoms with van der Waals surface area (Å²) in [6, 6.07) is 21.2. The number of fused-ring (bicyclic) bond motifs is 3. The number of anilines is 1. The number of benzene rings is 3. The van der Waals surface area contributed by atoms with Crippen molar-refractivity contribution >= 4 is 44.9 Å². The quantitative estimate of drug-likeness (QED) is 0.389. The zero-order chi connectivity index (χ0) is 21.1. The number of carbonyl (C=O) groups is 1. The number of hydrogen-bond acceptors (Lipinski definition) is 3. The molecular weight excluding hydrogens is 402 g/mol. The van der Waals surface area contributed by atoms with Gasteiger partial charge in [0, 0.05) is 10.8 Å². The predicted molar refractivity (Wildman–Crippen MR) is 118 cm³/mol. The molecule has 3 aromatic carbocycles. The smallest absolute Gasteiger partial charge is 0.327 e. The van der Waals surface area contributed by atoms with Crippen LogP contribution in [0.5, 0.6) is 0 Å². The Morgan fingerprint density at radius 1 is 0.967 bits per heavy atom. The molecule has 0 aliphatic heterocycles. The molecule has 7 heteroatoms. The summed E-state index contributed by atoms with van der Waals surface area (Å²) in [6.45, 7) is 0. The lowest BCUT2D eigenvalue weighted by Gasteiger charge is -2.27. The van der Waals surface area contributed by atoms with Crippen molar-refractivity contribution in [3.05, 3.63) is 78.4 Å².